The van der Waals surface area contributed by atoms with Crippen LogP contribution < -0.4 is 0 Å². The van der Waals surface area contributed by atoms with Crippen LogP contribution in [0.15, 0.2) is 0 Å². The molecule has 1 rings (SSSR count). The molecule has 0 aromatic rings. The molecule has 0 bridgehead atoms. The van der Waals surface area contributed by atoms with Crippen molar-refractivity contribution in [3.05, 3.63) is 0 Å². The smallest absolute Gasteiger partial charge is 0.412 e. The third-order valence-corrected chi connectivity index (χ3v) is 2.76. The van der Waals surface area contributed by atoms with Gasteiger partial charge < -0.3 is 9.64 Å². The highest BCUT2D eigenvalue weighted by Gasteiger charge is 2.46. The lowest BCUT2D eigenvalue weighted by atomic mass is 9.91. The maximum absolute atomic E-state index is 12.1. The number of hydrogen-bond donors (Lipinski definition) is 0. The van der Waals surface area contributed by atoms with Crippen molar-refractivity contribution in [2.75, 3.05) is 13.6 Å². The van der Waals surface area contributed by atoms with E-state index >= 15 is 0 Å². The van der Waals surface area contributed by atoms with Crippen LogP contribution in [0.2, 0.25) is 0 Å². The van der Waals surface area contributed by atoms with Gasteiger partial charge in [0.2, 0.25) is 5.91 Å². The lowest BCUT2D eigenvalue weighted by Crippen LogP contribution is -2.50. The molecule has 0 aliphatic carbocycles. The highest BCUT2D eigenvalue weighted by atomic mass is 16.6. The van der Waals surface area contributed by atoms with Crippen LogP contribution >= 0.6 is 0 Å². The molecule has 5 heteroatoms. The molecule has 0 N–H and O–H groups in total. The summed E-state index contributed by atoms with van der Waals surface area (Å²) in [7, 11) is 1.72. The van der Waals surface area contributed by atoms with Crippen LogP contribution in [0, 0.1) is 5.41 Å². The molecule has 0 unspecified atom stereocenters. The molecule has 1 fully saturated rings. The van der Waals surface area contributed by atoms with Gasteiger partial charge in [-0.25, -0.2) is 4.79 Å². The Bertz CT molecular complexity index is 352. The fraction of sp³-hybridized carbons (Fsp3) is 0.846. The molecule has 1 atom stereocenters. The van der Waals surface area contributed by atoms with Gasteiger partial charge in [0.05, 0.1) is 0 Å². The van der Waals surface area contributed by atoms with Gasteiger partial charge in [-0.2, -0.15) is 0 Å². The summed E-state index contributed by atoms with van der Waals surface area (Å²) in [5, 5.41) is 0. The summed E-state index contributed by atoms with van der Waals surface area (Å²) >= 11 is 0. The lowest BCUT2D eigenvalue weighted by molar-refractivity contribution is -0.127. The number of likely N-dealkylation sites (N-methyl/N-ethyl adjacent to an activating group) is 1. The number of ether oxygens (including phenoxy) is 1. The maximum atomic E-state index is 12.1. The predicted octanol–water partition coefficient (Wildman–Crippen LogP) is 2.07. The van der Waals surface area contributed by atoms with Gasteiger partial charge in [0.25, 0.3) is 0 Å². The normalized spacial score (nSPS) is 21.5. The minimum absolute atomic E-state index is 0.0548. The second-order valence-electron chi connectivity index (χ2n) is 6.85. The average Bonchev–Trinajstić information content (AvgIpc) is 2.39. The van der Waals surface area contributed by atoms with Gasteiger partial charge in [0.1, 0.15) is 18.3 Å². The van der Waals surface area contributed by atoms with Crippen LogP contribution in [0.3, 0.4) is 0 Å². The zero-order valence-corrected chi connectivity index (χ0v) is 12.4. The summed E-state index contributed by atoms with van der Waals surface area (Å²) < 4.78 is 5.35. The Kier molecular flexibility index (Phi) is 3.65. The van der Waals surface area contributed by atoms with Crippen LogP contribution in [0.4, 0.5) is 4.79 Å². The highest BCUT2D eigenvalue weighted by molar-refractivity contribution is 5.86. The fourth-order valence-electron chi connectivity index (χ4n) is 2.22. The first-order valence-electron chi connectivity index (χ1n) is 6.19. The number of rotatable bonds is 0. The zero-order valence-electron chi connectivity index (χ0n) is 12.4. The van der Waals surface area contributed by atoms with Crippen molar-refractivity contribution in [3.8, 4) is 0 Å². The molecule has 1 aliphatic heterocycles. The minimum Gasteiger partial charge on any atom is -0.444 e. The van der Waals surface area contributed by atoms with E-state index in [1.54, 1.807) is 11.9 Å². The number of nitrogens with zero attached hydrogens (tertiary/aromatic N) is 2. The van der Waals surface area contributed by atoms with Crippen molar-refractivity contribution >= 4 is 12.0 Å². The van der Waals surface area contributed by atoms with Gasteiger partial charge in [-0.3, -0.25) is 9.69 Å². The monoisotopic (exact) mass is 256 g/mol. The standard InChI is InChI=1S/C13H24N2O3/c1-12(2,3)10-14(7)9(16)8-15(10)11(17)18-13(4,5)6/h10H,8H2,1-7H3/t10-/m1/s1. The second kappa shape index (κ2) is 4.44. The second-order valence-corrected chi connectivity index (χ2v) is 6.85. The number of carbonyl (C=O) groups excluding carboxylic acids is 2. The topological polar surface area (TPSA) is 49.9 Å². The fourth-order valence-corrected chi connectivity index (χ4v) is 2.22. The molecule has 1 saturated heterocycles. The summed E-state index contributed by atoms with van der Waals surface area (Å²) in [5.74, 6) is -0.0548. The molecule has 1 heterocycles. The SMILES string of the molecule is CN1C(=O)CN(C(=O)OC(C)(C)C)[C@@H]1C(C)(C)C. The first-order valence-corrected chi connectivity index (χ1v) is 6.19. The summed E-state index contributed by atoms with van der Waals surface area (Å²) in [6.07, 6.45) is -0.694. The van der Waals surface area contributed by atoms with Crippen LogP contribution in [-0.4, -0.2) is 47.2 Å². The van der Waals surface area contributed by atoms with Gasteiger partial charge in [0.15, 0.2) is 0 Å². The number of hydrogen-bond acceptors (Lipinski definition) is 3. The Hall–Kier alpha value is -1.26. The third kappa shape index (κ3) is 3.15. The van der Waals surface area contributed by atoms with Crippen LogP contribution in [0.25, 0.3) is 0 Å². The average molecular weight is 256 g/mol. The van der Waals surface area contributed by atoms with E-state index < -0.39 is 11.7 Å². The van der Waals surface area contributed by atoms with Crippen molar-refractivity contribution in [3.63, 3.8) is 0 Å². The van der Waals surface area contributed by atoms with E-state index in [0.29, 0.717) is 0 Å². The first-order chi connectivity index (χ1) is 7.93. The van der Waals surface area contributed by atoms with Crippen molar-refractivity contribution in [1.82, 2.24) is 9.80 Å². The highest BCUT2D eigenvalue weighted by Crippen LogP contribution is 2.31. The molecule has 0 aromatic heterocycles. The van der Waals surface area contributed by atoms with E-state index in [1.807, 2.05) is 41.5 Å². The molecule has 0 radical (unpaired) electrons. The van der Waals surface area contributed by atoms with E-state index in [1.165, 1.54) is 4.90 Å². The molecule has 104 valence electrons. The van der Waals surface area contributed by atoms with Gasteiger partial charge in [-0.1, -0.05) is 20.8 Å². The lowest BCUT2D eigenvalue weighted by Gasteiger charge is -2.38. The van der Waals surface area contributed by atoms with Gasteiger partial charge in [-0.15, -0.1) is 0 Å². The predicted molar refractivity (Wildman–Crippen MR) is 69.0 cm³/mol. The molecule has 18 heavy (non-hydrogen) atoms. The van der Waals surface area contributed by atoms with E-state index in [2.05, 4.69) is 0 Å². The Labute approximate surface area is 109 Å². The quantitative estimate of drug-likeness (QED) is 0.666. The van der Waals surface area contributed by atoms with E-state index in [0.717, 1.165) is 0 Å². The van der Waals surface area contributed by atoms with Crippen LogP contribution in [0.1, 0.15) is 41.5 Å². The molecule has 1 aliphatic rings. The Morgan fingerprint density at radius 3 is 2.11 bits per heavy atom. The molecule has 0 saturated carbocycles. The van der Waals surface area contributed by atoms with Gasteiger partial charge >= 0.3 is 6.09 Å². The van der Waals surface area contributed by atoms with Gasteiger partial charge in [0, 0.05) is 12.5 Å². The van der Waals surface area contributed by atoms with E-state index in [-0.39, 0.29) is 24.0 Å². The summed E-state index contributed by atoms with van der Waals surface area (Å²) in [6.45, 7) is 11.6. The summed E-state index contributed by atoms with van der Waals surface area (Å²) in [4.78, 5) is 27.0. The third-order valence-electron chi connectivity index (χ3n) is 2.76. The van der Waals surface area contributed by atoms with Crippen molar-refractivity contribution in [2.45, 2.75) is 53.3 Å². The number of amides is 2. The number of carbonyl (C=O) groups is 2. The minimum atomic E-state index is -0.552. The van der Waals surface area contributed by atoms with Crippen molar-refractivity contribution in [2.24, 2.45) is 5.41 Å². The Balaban J connectivity index is 2.93. The van der Waals surface area contributed by atoms with Crippen LogP contribution in [0.5, 0.6) is 0 Å². The van der Waals surface area contributed by atoms with Crippen molar-refractivity contribution in [1.29, 1.82) is 0 Å². The Morgan fingerprint density at radius 2 is 1.72 bits per heavy atom. The van der Waals surface area contributed by atoms with Crippen molar-refractivity contribution < 1.29 is 14.3 Å². The molecular weight excluding hydrogens is 232 g/mol. The molecule has 2 amide bonds. The molecule has 0 aromatic carbocycles. The molecule has 0 spiro atoms. The maximum Gasteiger partial charge on any atom is 0.412 e. The zero-order chi connectivity index (χ0) is 14.3. The Morgan fingerprint density at radius 1 is 1.22 bits per heavy atom. The molecular formula is C13H24N2O3. The van der Waals surface area contributed by atoms with Crippen LogP contribution in [-0.2, 0) is 9.53 Å². The summed E-state index contributed by atoms with van der Waals surface area (Å²) in [6, 6.07) is 0. The first kappa shape index (κ1) is 14.8. The molecule has 5 nitrogen and oxygen atoms in total. The van der Waals surface area contributed by atoms with E-state index in [9.17, 15) is 9.59 Å². The van der Waals surface area contributed by atoms with Gasteiger partial charge in [-0.05, 0) is 20.8 Å². The summed E-state index contributed by atoms with van der Waals surface area (Å²) in [5.41, 5.74) is -0.762. The van der Waals surface area contributed by atoms with E-state index in [4.69, 9.17) is 4.74 Å². The largest absolute Gasteiger partial charge is 0.444 e.